The summed E-state index contributed by atoms with van der Waals surface area (Å²) in [6, 6.07) is 0.0710. The van der Waals surface area contributed by atoms with E-state index in [0.29, 0.717) is 5.92 Å². The molecule has 6 nitrogen and oxygen atoms in total. The molecule has 0 aliphatic rings. The highest BCUT2D eigenvalue weighted by atomic mass is 16.5. The lowest BCUT2D eigenvalue weighted by Crippen LogP contribution is -2.31. The van der Waals surface area contributed by atoms with Crippen LogP contribution >= 0.6 is 0 Å². The fraction of sp³-hybridized carbons (Fsp3) is 0.818. The van der Waals surface area contributed by atoms with Gasteiger partial charge in [-0.1, -0.05) is 19.1 Å². The van der Waals surface area contributed by atoms with E-state index in [9.17, 15) is 0 Å². The van der Waals surface area contributed by atoms with Gasteiger partial charge in [-0.25, -0.2) is 4.68 Å². The summed E-state index contributed by atoms with van der Waals surface area (Å²) in [6.07, 6.45) is 3.71. The first kappa shape index (κ1) is 14.1. The van der Waals surface area contributed by atoms with Crippen LogP contribution in [0.3, 0.4) is 0 Å². The van der Waals surface area contributed by atoms with E-state index in [4.69, 9.17) is 10.6 Å². The maximum atomic E-state index is 5.61. The van der Waals surface area contributed by atoms with Gasteiger partial charge in [-0.2, -0.15) is 0 Å². The lowest BCUT2D eigenvalue weighted by Gasteiger charge is -2.20. The molecule has 0 saturated heterocycles. The van der Waals surface area contributed by atoms with Crippen LogP contribution in [0.1, 0.15) is 38.4 Å². The number of ether oxygens (including phenoxy) is 1. The number of methoxy groups -OCH3 is 1. The number of nitrogens with two attached hydrogens (primary N) is 1. The highest BCUT2D eigenvalue weighted by Crippen LogP contribution is 2.20. The third-order valence-electron chi connectivity index (χ3n) is 2.73. The summed E-state index contributed by atoms with van der Waals surface area (Å²) in [5.74, 6) is 6.05. The third-order valence-corrected chi connectivity index (χ3v) is 2.73. The average Bonchev–Trinajstić information content (AvgIpc) is 2.75. The standard InChI is InChI=1S/C11H23N5O/c1-4-5-16-11(7-13-15-16)10(14-12)6-9(2)8-17-3/h7,9-10,14H,4-6,8,12H2,1-3H3. The van der Waals surface area contributed by atoms with Crippen molar-refractivity contribution in [2.45, 2.75) is 39.3 Å². The van der Waals surface area contributed by atoms with Crippen molar-refractivity contribution < 1.29 is 4.74 Å². The number of aromatic nitrogens is 3. The molecule has 1 aromatic heterocycles. The van der Waals surface area contributed by atoms with E-state index in [1.807, 2.05) is 4.68 Å². The van der Waals surface area contributed by atoms with Crippen LogP contribution in [0.5, 0.6) is 0 Å². The van der Waals surface area contributed by atoms with Crippen molar-refractivity contribution >= 4 is 0 Å². The van der Waals surface area contributed by atoms with Gasteiger partial charge in [0.25, 0.3) is 0 Å². The van der Waals surface area contributed by atoms with Crippen LogP contribution in [0.25, 0.3) is 0 Å². The molecule has 1 heterocycles. The minimum absolute atomic E-state index is 0.0710. The van der Waals surface area contributed by atoms with Gasteiger partial charge in [-0.05, 0) is 18.8 Å². The van der Waals surface area contributed by atoms with Crippen LogP contribution in [0.2, 0.25) is 0 Å². The van der Waals surface area contributed by atoms with Crippen molar-refractivity contribution in [1.82, 2.24) is 20.4 Å². The van der Waals surface area contributed by atoms with Gasteiger partial charge in [0.2, 0.25) is 0 Å². The third kappa shape index (κ3) is 4.07. The van der Waals surface area contributed by atoms with E-state index < -0.39 is 0 Å². The fourth-order valence-electron chi connectivity index (χ4n) is 1.95. The number of hydrogen-bond donors (Lipinski definition) is 2. The van der Waals surface area contributed by atoms with Gasteiger partial charge < -0.3 is 4.74 Å². The normalized spacial score (nSPS) is 14.8. The van der Waals surface area contributed by atoms with Crippen molar-refractivity contribution in [2.24, 2.45) is 11.8 Å². The molecule has 0 aliphatic heterocycles. The van der Waals surface area contributed by atoms with E-state index in [1.165, 1.54) is 0 Å². The summed E-state index contributed by atoms with van der Waals surface area (Å²) >= 11 is 0. The first-order valence-electron chi connectivity index (χ1n) is 6.06. The molecule has 1 aromatic rings. The van der Waals surface area contributed by atoms with Crippen molar-refractivity contribution in [2.75, 3.05) is 13.7 Å². The average molecular weight is 241 g/mol. The van der Waals surface area contributed by atoms with Gasteiger partial charge in [-0.15, -0.1) is 5.10 Å². The second kappa shape index (κ2) is 7.37. The lowest BCUT2D eigenvalue weighted by atomic mass is 10.0. The van der Waals surface area contributed by atoms with E-state index in [1.54, 1.807) is 13.3 Å². The van der Waals surface area contributed by atoms with Gasteiger partial charge in [0, 0.05) is 20.3 Å². The van der Waals surface area contributed by atoms with Gasteiger partial charge in [-0.3, -0.25) is 11.3 Å². The van der Waals surface area contributed by atoms with Crippen molar-refractivity contribution in [3.63, 3.8) is 0 Å². The Labute approximate surface area is 102 Å². The Morgan fingerprint density at radius 3 is 2.94 bits per heavy atom. The minimum atomic E-state index is 0.0710. The van der Waals surface area contributed by atoms with Gasteiger partial charge in [0.15, 0.2) is 0 Å². The molecule has 0 spiro atoms. The molecular weight excluding hydrogens is 218 g/mol. The Bertz CT molecular complexity index is 315. The van der Waals surface area contributed by atoms with Crippen molar-refractivity contribution in [3.8, 4) is 0 Å². The summed E-state index contributed by atoms with van der Waals surface area (Å²) in [5.41, 5.74) is 3.88. The molecule has 2 atom stereocenters. The lowest BCUT2D eigenvalue weighted by molar-refractivity contribution is 0.148. The quantitative estimate of drug-likeness (QED) is 0.521. The molecule has 0 aliphatic carbocycles. The fourth-order valence-corrected chi connectivity index (χ4v) is 1.95. The second-order valence-electron chi connectivity index (χ2n) is 4.40. The Morgan fingerprint density at radius 1 is 1.59 bits per heavy atom. The Morgan fingerprint density at radius 2 is 2.35 bits per heavy atom. The smallest absolute Gasteiger partial charge is 0.0770 e. The van der Waals surface area contributed by atoms with Gasteiger partial charge in [0.1, 0.15) is 0 Å². The molecule has 0 fully saturated rings. The molecule has 0 aromatic carbocycles. The topological polar surface area (TPSA) is 78.0 Å². The van der Waals surface area contributed by atoms with Gasteiger partial charge in [0.05, 0.1) is 17.9 Å². The Kier molecular flexibility index (Phi) is 6.10. The molecule has 98 valence electrons. The zero-order valence-corrected chi connectivity index (χ0v) is 10.9. The zero-order valence-electron chi connectivity index (χ0n) is 10.9. The largest absolute Gasteiger partial charge is 0.384 e. The second-order valence-corrected chi connectivity index (χ2v) is 4.40. The number of aryl methyl sites for hydroxylation is 1. The number of nitrogens with one attached hydrogen (secondary N) is 1. The number of hydrogen-bond acceptors (Lipinski definition) is 5. The minimum Gasteiger partial charge on any atom is -0.384 e. The van der Waals surface area contributed by atoms with E-state index in [2.05, 4.69) is 29.6 Å². The molecule has 0 bridgehead atoms. The molecule has 17 heavy (non-hydrogen) atoms. The predicted molar refractivity (Wildman–Crippen MR) is 66.0 cm³/mol. The zero-order chi connectivity index (χ0) is 12.7. The Hall–Kier alpha value is -0.980. The molecule has 0 radical (unpaired) electrons. The summed E-state index contributed by atoms with van der Waals surface area (Å²) in [4.78, 5) is 0. The predicted octanol–water partition coefficient (Wildman–Crippen LogP) is 0.865. The van der Waals surface area contributed by atoms with Crippen LogP contribution < -0.4 is 11.3 Å². The molecule has 6 heteroatoms. The number of rotatable bonds is 8. The molecule has 3 N–H and O–H groups in total. The summed E-state index contributed by atoms with van der Waals surface area (Å²) in [6.45, 7) is 5.85. The van der Waals surface area contributed by atoms with Crippen molar-refractivity contribution in [1.29, 1.82) is 0 Å². The molecule has 0 amide bonds. The monoisotopic (exact) mass is 241 g/mol. The highest BCUT2D eigenvalue weighted by Gasteiger charge is 2.18. The van der Waals surface area contributed by atoms with E-state index in [0.717, 1.165) is 31.7 Å². The molecule has 1 rings (SSSR count). The van der Waals surface area contributed by atoms with Gasteiger partial charge >= 0.3 is 0 Å². The van der Waals surface area contributed by atoms with Crippen LogP contribution in [-0.2, 0) is 11.3 Å². The van der Waals surface area contributed by atoms with Crippen LogP contribution in [-0.4, -0.2) is 28.7 Å². The SMILES string of the molecule is CCCn1nncc1C(CC(C)COC)NN. The summed E-state index contributed by atoms with van der Waals surface area (Å²) < 4.78 is 7.04. The maximum absolute atomic E-state index is 5.61. The molecule has 2 unspecified atom stereocenters. The van der Waals surface area contributed by atoms with Crippen LogP contribution in [0.4, 0.5) is 0 Å². The highest BCUT2D eigenvalue weighted by molar-refractivity contribution is 5.02. The first-order valence-corrected chi connectivity index (χ1v) is 6.06. The molecule has 0 saturated carbocycles. The Balaban J connectivity index is 2.68. The van der Waals surface area contributed by atoms with E-state index in [-0.39, 0.29) is 6.04 Å². The van der Waals surface area contributed by atoms with Crippen LogP contribution in [0, 0.1) is 5.92 Å². The summed E-state index contributed by atoms with van der Waals surface area (Å²) in [7, 11) is 1.71. The van der Waals surface area contributed by atoms with Crippen LogP contribution in [0.15, 0.2) is 6.20 Å². The molecular formula is C11H23N5O. The van der Waals surface area contributed by atoms with Crippen molar-refractivity contribution in [3.05, 3.63) is 11.9 Å². The maximum Gasteiger partial charge on any atom is 0.0770 e. The summed E-state index contributed by atoms with van der Waals surface area (Å²) in [5, 5.41) is 8.02. The first-order chi connectivity index (χ1) is 8.22. The number of hydrazine groups is 1. The van der Waals surface area contributed by atoms with E-state index >= 15 is 0 Å². The number of nitrogens with zero attached hydrogens (tertiary/aromatic N) is 3.